The highest BCUT2D eigenvalue weighted by molar-refractivity contribution is 5.78. The van der Waals surface area contributed by atoms with Gasteiger partial charge in [-0.3, -0.25) is 4.79 Å². The third-order valence-electron chi connectivity index (χ3n) is 2.39. The first kappa shape index (κ1) is 10.3. The predicted molar refractivity (Wildman–Crippen MR) is 62.2 cm³/mol. The van der Waals surface area contributed by atoms with Gasteiger partial charge in [0.05, 0.1) is 5.52 Å². The molecule has 0 fully saturated rings. The SMILES string of the molecule is [N-]=[N+]=NCCn1c(=O)ccc2ccccc21. The van der Waals surface area contributed by atoms with Crippen LogP contribution in [0.25, 0.3) is 21.3 Å². The van der Waals surface area contributed by atoms with Crippen LogP contribution in [-0.2, 0) is 6.54 Å². The molecule has 0 N–H and O–H groups in total. The van der Waals surface area contributed by atoms with Crippen molar-refractivity contribution in [2.24, 2.45) is 5.11 Å². The van der Waals surface area contributed by atoms with Crippen molar-refractivity contribution in [3.63, 3.8) is 0 Å². The van der Waals surface area contributed by atoms with Crippen molar-refractivity contribution >= 4 is 10.9 Å². The van der Waals surface area contributed by atoms with Crippen LogP contribution in [0.2, 0.25) is 0 Å². The number of azide groups is 1. The van der Waals surface area contributed by atoms with Crippen molar-refractivity contribution in [3.8, 4) is 0 Å². The van der Waals surface area contributed by atoms with Gasteiger partial charge in [-0.15, -0.1) is 0 Å². The fraction of sp³-hybridized carbons (Fsp3) is 0.182. The highest BCUT2D eigenvalue weighted by atomic mass is 16.1. The highest BCUT2D eigenvalue weighted by Crippen LogP contribution is 2.10. The minimum Gasteiger partial charge on any atom is -0.308 e. The predicted octanol–water partition coefficient (Wildman–Crippen LogP) is 2.31. The zero-order valence-electron chi connectivity index (χ0n) is 8.58. The number of benzene rings is 1. The molecule has 2 rings (SSSR count). The van der Waals surface area contributed by atoms with Gasteiger partial charge in [0.25, 0.3) is 5.56 Å². The first-order chi connectivity index (χ1) is 7.83. The Balaban J connectivity index is 2.52. The Bertz CT molecular complexity index is 611. The van der Waals surface area contributed by atoms with Crippen molar-refractivity contribution in [1.82, 2.24) is 4.57 Å². The van der Waals surface area contributed by atoms with Gasteiger partial charge in [0.2, 0.25) is 0 Å². The van der Waals surface area contributed by atoms with E-state index in [0.29, 0.717) is 6.54 Å². The van der Waals surface area contributed by atoms with E-state index < -0.39 is 0 Å². The van der Waals surface area contributed by atoms with Gasteiger partial charge < -0.3 is 4.57 Å². The minimum absolute atomic E-state index is 0.0770. The van der Waals surface area contributed by atoms with E-state index in [0.717, 1.165) is 10.9 Å². The van der Waals surface area contributed by atoms with E-state index in [4.69, 9.17) is 5.53 Å². The summed E-state index contributed by atoms with van der Waals surface area (Å²) >= 11 is 0. The van der Waals surface area contributed by atoms with Crippen LogP contribution in [-0.4, -0.2) is 11.1 Å². The van der Waals surface area contributed by atoms with Gasteiger partial charge in [-0.2, -0.15) is 0 Å². The molecule has 0 aliphatic heterocycles. The Kier molecular flexibility index (Phi) is 2.89. The van der Waals surface area contributed by atoms with Gasteiger partial charge in [0.1, 0.15) is 0 Å². The van der Waals surface area contributed by atoms with Crippen molar-refractivity contribution in [3.05, 3.63) is 57.2 Å². The molecule has 5 heteroatoms. The molecule has 0 bridgehead atoms. The Hall–Kier alpha value is -2.26. The molecule has 0 unspecified atom stereocenters. The average Bonchev–Trinajstić information content (AvgIpc) is 2.32. The molecule has 5 nitrogen and oxygen atoms in total. The minimum atomic E-state index is -0.0770. The van der Waals surface area contributed by atoms with Crippen LogP contribution in [0.4, 0.5) is 0 Å². The average molecular weight is 214 g/mol. The molecular formula is C11H10N4O. The molecule has 0 saturated heterocycles. The lowest BCUT2D eigenvalue weighted by Crippen LogP contribution is -2.20. The number of rotatable bonds is 3. The summed E-state index contributed by atoms with van der Waals surface area (Å²) in [6.07, 6.45) is 0. The smallest absolute Gasteiger partial charge is 0.251 e. The largest absolute Gasteiger partial charge is 0.308 e. The van der Waals surface area contributed by atoms with Crippen molar-refractivity contribution in [2.75, 3.05) is 6.54 Å². The van der Waals surface area contributed by atoms with Crippen molar-refractivity contribution in [1.29, 1.82) is 0 Å². The van der Waals surface area contributed by atoms with Gasteiger partial charge in [-0.1, -0.05) is 23.3 Å². The normalized spacial score (nSPS) is 10.0. The summed E-state index contributed by atoms with van der Waals surface area (Å²) in [5.41, 5.74) is 8.98. The molecule has 1 aromatic carbocycles. The second-order valence-corrected chi connectivity index (χ2v) is 3.34. The van der Waals surface area contributed by atoms with E-state index in [1.54, 1.807) is 10.6 Å². The lowest BCUT2D eigenvalue weighted by atomic mass is 10.2. The zero-order valence-corrected chi connectivity index (χ0v) is 8.58. The van der Waals surface area contributed by atoms with E-state index in [1.807, 2.05) is 24.3 Å². The number of nitrogens with zero attached hydrogens (tertiary/aromatic N) is 4. The summed E-state index contributed by atoms with van der Waals surface area (Å²) in [4.78, 5) is 14.3. The van der Waals surface area contributed by atoms with Crippen molar-refractivity contribution < 1.29 is 0 Å². The van der Waals surface area contributed by atoms with Crippen LogP contribution in [0.1, 0.15) is 0 Å². The summed E-state index contributed by atoms with van der Waals surface area (Å²) in [7, 11) is 0. The molecule has 0 aliphatic rings. The van der Waals surface area contributed by atoms with E-state index in [9.17, 15) is 4.79 Å². The molecule has 16 heavy (non-hydrogen) atoms. The Morgan fingerprint density at radius 1 is 1.25 bits per heavy atom. The number of fused-ring (bicyclic) bond motifs is 1. The van der Waals surface area contributed by atoms with E-state index in [2.05, 4.69) is 10.0 Å². The molecule has 0 atom stereocenters. The second-order valence-electron chi connectivity index (χ2n) is 3.34. The maximum atomic E-state index is 11.7. The number of hydrogen-bond donors (Lipinski definition) is 0. The fourth-order valence-corrected chi connectivity index (χ4v) is 1.66. The van der Waals surface area contributed by atoms with Gasteiger partial charge >= 0.3 is 0 Å². The standard InChI is InChI=1S/C11H10N4O/c12-14-13-7-8-15-10-4-2-1-3-9(10)5-6-11(15)16/h1-6H,7-8H2. The van der Waals surface area contributed by atoms with Crippen LogP contribution in [0.5, 0.6) is 0 Å². The lowest BCUT2D eigenvalue weighted by molar-refractivity contribution is 0.705. The third kappa shape index (κ3) is 1.89. The quantitative estimate of drug-likeness (QED) is 0.439. The van der Waals surface area contributed by atoms with Gasteiger partial charge in [-0.25, -0.2) is 0 Å². The Morgan fingerprint density at radius 3 is 2.88 bits per heavy atom. The molecule has 2 aromatic rings. The van der Waals surface area contributed by atoms with Crippen LogP contribution in [0.15, 0.2) is 46.3 Å². The third-order valence-corrected chi connectivity index (χ3v) is 2.39. The second kappa shape index (κ2) is 4.51. The number of aromatic nitrogens is 1. The van der Waals surface area contributed by atoms with Crippen LogP contribution in [0, 0.1) is 0 Å². The summed E-state index contributed by atoms with van der Waals surface area (Å²) in [5.74, 6) is 0. The fourth-order valence-electron chi connectivity index (χ4n) is 1.66. The van der Waals surface area contributed by atoms with Gasteiger partial charge in [0.15, 0.2) is 0 Å². The van der Waals surface area contributed by atoms with Crippen LogP contribution < -0.4 is 5.56 Å². The van der Waals surface area contributed by atoms with Crippen LogP contribution >= 0.6 is 0 Å². The highest BCUT2D eigenvalue weighted by Gasteiger charge is 2.00. The molecular weight excluding hydrogens is 204 g/mol. The topological polar surface area (TPSA) is 70.8 Å². The van der Waals surface area contributed by atoms with Crippen molar-refractivity contribution in [2.45, 2.75) is 6.54 Å². The summed E-state index contributed by atoms with van der Waals surface area (Å²) in [6, 6.07) is 10.9. The van der Waals surface area contributed by atoms with Crippen LogP contribution in [0.3, 0.4) is 0 Å². The molecule has 0 saturated carbocycles. The maximum Gasteiger partial charge on any atom is 0.251 e. The monoisotopic (exact) mass is 214 g/mol. The van der Waals surface area contributed by atoms with E-state index in [-0.39, 0.29) is 12.1 Å². The van der Waals surface area contributed by atoms with E-state index in [1.165, 1.54) is 6.07 Å². The maximum absolute atomic E-state index is 11.7. The molecule has 0 radical (unpaired) electrons. The Morgan fingerprint density at radius 2 is 2.06 bits per heavy atom. The molecule has 80 valence electrons. The molecule has 1 aromatic heterocycles. The lowest BCUT2D eigenvalue weighted by Gasteiger charge is -2.07. The molecule has 1 heterocycles. The van der Waals surface area contributed by atoms with Gasteiger partial charge in [-0.05, 0) is 23.1 Å². The number of pyridine rings is 1. The first-order valence-corrected chi connectivity index (χ1v) is 4.92. The zero-order chi connectivity index (χ0) is 11.4. The Labute approximate surface area is 91.6 Å². The first-order valence-electron chi connectivity index (χ1n) is 4.92. The molecule has 0 amide bonds. The molecule has 0 spiro atoms. The summed E-state index contributed by atoms with van der Waals surface area (Å²) in [5, 5.41) is 4.44. The summed E-state index contributed by atoms with van der Waals surface area (Å²) < 4.78 is 1.62. The van der Waals surface area contributed by atoms with E-state index >= 15 is 0 Å². The summed E-state index contributed by atoms with van der Waals surface area (Å²) in [6.45, 7) is 0.689. The van der Waals surface area contributed by atoms with Gasteiger partial charge in [0, 0.05) is 24.1 Å². The number of para-hydroxylation sites is 1. The number of hydrogen-bond acceptors (Lipinski definition) is 2. The molecule has 0 aliphatic carbocycles.